The summed E-state index contributed by atoms with van der Waals surface area (Å²) in [5.74, 6) is 1.94. The van der Waals surface area contributed by atoms with E-state index in [1.807, 2.05) is 12.1 Å². The van der Waals surface area contributed by atoms with Gasteiger partial charge in [0.25, 0.3) is 0 Å². The summed E-state index contributed by atoms with van der Waals surface area (Å²) in [5.41, 5.74) is 3.50. The van der Waals surface area contributed by atoms with Crippen molar-refractivity contribution in [3.05, 3.63) is 46.5 Å². The maximum Gasteiger partial charge on any atom is 0.183 e. The summed E-state index contributed by atoms with van der Waals surface area (Å²) in [6, 6.07) is 5.96. The fourth-order valence-electron chi connectivity index (χ4n) is 2.78. The highest BCUT2D eigenvalue weighted by atomic mass is 16.5. The minimum Gasteiger partial charge on any atom is -0.454 e. The molecule has 3 heteroatoms. The number of nitrogens with zero attached hydrogens (tertiary/aromatic N) is 2. The molecule has 1 atom stereocenters. The summed E-state index contributed by atoms with van der Waals surface area (Å²) in [7, 11) is 0. The lowest BCUT2D eigenvalue weighted by molar-refractivity contribution is 0.412. The zero-order chi connectivity index (χ0) is 16.5. The van der Waals surface area contributed by atoms with Gasteiger partial charge in [0, 0.05) is 11.1 Å². The number of allylic oxidation sites excluding steroid dienone is 3. The smallest absolute Gasteiger partial charge is 0.183 e. The van der Waals surface area contributed by atoms with Crippen LogP contribution in [-0.2, 0) is 5.41 Å². The SMILES string of the molecule is CC1=CC(C)CC(C)=C1Oc1ccc(C(C)(C)C)nc1C#N. The van der Waals surface area contributed by atoms with Crippen molar-refractivity contribution in [2.24, 2.45) is 5.92 Å². The highest BCUT2D eigenvalue weighted by molar-refractivity contribution is 5.43. The van der Waals surface area contributed by atoms with E-state index in [9.17, 15) is 5.26 Å². The largest absolute Gasteiger partial charge is 0.454 e. The molecule has 0 aliphatic heterocycles. The molecule has 0 N–H and O–H groups in total. The molecule has 1 aromatic rings. The van der Waals surface area contributed by atoms with Crippen molar-refractivity contribution in [3.8, 4) is 11.8 Å². The normalized spacial score (nSPS) is 18.8. The van der Waals surface area contributed by atoms with Crippen molar-refractivity contribution < 1.29 is 4.74 Å². The van der Waals surface area contributed by atoms with Crippen molar-refractivity contribution in [2.45, 2.75) is 53.4 Å². The Balaban J connectivity index is 2.37. The summed E-state index contributed by atoms with van der Waals surface area (Å²) in [5, 5.41) is 9.39. The van der Waals surface area contributed by atoms with Crippen LogP contribution in [0, 0.1) is 17.2 Å². The van der Waals surface area contributed by atoms with Crippen LogP contribution in [0.4, 0.5) is 0 Å². The monoisotopic (exact) mass is 296 g/mol. The standard InChI is InChI=1S/C19H24N2O/c1-12-9-13(2)18(14(3)10-12)22-16-7-8-17(19(4,5)6)21-15(16)11-20/h7-9,12H,10H2,1-6H3. The number of hydrogen-bond acceptors (Lipinski definition) is 3. The number of nitriles is 1. The molecule has 1 aliphatic rings. The van der Waals surface area contributed by atoms with Crippen LogP contribution in [0.5, 0.6) is 5.75 Å². The first-order valence-electron chi connectivity index (χ1n) is 7.70. The summed E-state index contributed by atoms with van der Waals surface area (Å²) >= 11 is 0. The second kappa shape index (κ2) is 5.96. The van der Waals surface area contributed by atoms with E-state index in [2.05, 4.69) is 58.7 Å². The van der Waals surface area contributed by atoms with Crippen LogP contribution in [0.1, 0.15) is 59.4 Å². The van der Waals surface area contributed by atoms with Gasteiger partial charge in [-0.3, -0.25) is 0 Å². The first kappa shape index (κ1) is 16.3. The average molecular weight is 296 g/mol. The van der Waals surface area contributed by atoms with Crippen LogP contribution in [0.3, 0.4) is 0 Å². The zero-order valence-electron chi connectivity index (χ0n) is 14.3. The molecule has 0 bridgehead atoms. The summed E-state index contributed by atoms with van der Waals surface area (Å²) in [4.78, 5) is 4.46. The van der Waals surface area contributed by atoms with Gasteiger partial charge in [0.15, 0.2) is 11.4 Å². The van der Waals surface area contributed by atoms with E-state index in [1.54, 1.807) is 0 Å². The molecular formula is C19H24N2O. The zero-order valence-corrected chi connectivity index (χ0v) is 14.3. The maximum atomic E-state index is 9.39. The Hall–Kier alpha value is -2.08. The Kier molecular flexibility index (Phi) is 4.42. The molecule has 0 spiro atoms. The Labute approximate surface area is 133 Å². The molecule has 0 amide bonds. The third-order valence-corrected chi connectivity index (χ3v) is 3.85. The molecule has 0 fully saturated rings. The molecule has 1 unspecified atom stereocenters. The van der Waals surface area contributed by atoms with Gasteiger partial charge in [0.2, 0.25) is 0 Å². The van der Waals surface area contributed by atoms with Crippen molar-refractivity contribution >= 4 is 0 Å². The van der Waals surface area contributed by atoms with Crippen LogP contribution >= 0.6 is 0 Å². The van der Waals surface area contributed by atoms with E-state index in [-0.39, 0.29) is 5.41 Å². The molecule has 1 heterocycles. The molecule has 1 aliphatic carbocycles. The van der Waals surface area contributed by atoms with Gasteiger partial charge >= 0.3 is 0 Å². The number of hydrogen-bond donors (Lipinski definition) is 0. The molecule has 22 heavy (non-hydrogen) atoms. The van der Waals surface area contributed by atoms with E-state index < -0.39 is 0 Å². The first-order valence-corrected chi connectivity index (χ1v) is 7.70. The lowest BCUT2D eigenvalue weighted by Gasteiger charge is -2.23. The predicted octanol–water partition coefficient (Wildman–Crippen LogP) is 4.89. The van der Waals surface area contributed by atoms with Crippen molar-refractivity contribution in [1.82, 2.24) is 4.98 Å². The minimum atomic E-state index is -0.0879. The minimum absolute atomic E-state index is 0.0879. The van der Waals surface area contributed by atoms with Gasteiger partial charge in [0.05, 0.1) is 0 Å². The van der Waals surface area contributed by atoms with Crippen molar-refractivity contribution in [2.75, 3.05) is 0 Å². The Morgan fingerprint density at radius 2 is 1.95 bits per heavy atom. The fraction of sp³-hybridized carbons (Fsp3) is 0.474. The van der Waals surface area contributed by atoms with Crippen LogP contribution in [0.15, 0.2) is 35.1 Å². The topological polar surface area (TPSA) is 45.9 Å². The molecule has 1 aromatic heterocycles. The number of ether oxygens (including phenoxy) is 1. The van der Waals surface area contributed by atoms with Crippen LogP contribution in [0.25, 0.3) is 0 Å². The summed E-state index contributed by atoms with van der Waals surface area (Å²) in [6.45, 7) is 12.6. The predicted molar refractivity (Wildman–Crippen MR) is 88.5 cm³/mol. The Morgan fingerprint density at radius 3 is 2.50 bits per heavy atom. The van der Waals surface area contributed by atoms with Crippen molar-refractivity contribution in [3.63, 3.8) is 0 Å². The van der Waals surface area contributed by atoms with Crippen molar-refractivity contribution in [1.29, 1.82) is 5.26 Å². The highest BCUT2D eigenvalue weighted by Gasteiger charge is 2.21. The van der Waals surface area contributed by atoms with Crippen LogP contribution < -0.4 is 4.74 Å². The Bertz CT molecular complexity index is 684. The third kappa shape index (κ3) is 3.39. The second-order valence-corrected chi connectivity index (χ2v) is 7.15. The van der Waals surface area contributed by atoms with Gasteiger partial charge in [-0.25, -0.2) is 4.98 Å². The number of rotatable bonds is 2. The molecular weight excluding hydrogens is 272 g/mol. The van der Waals surface area contributed by atoms with Gasteiger partial charge in [-0.1, -0.05) is 33.8 Å². The lowest BCUT2D eigenvalue weighted by atomic mass is 9.91. The van der Waals surface area contributed by atoms with E-state index in [0.717, 1.165) is 23.4 Å². The summed E-state index contributed by atoms with van der Waals surface area (Å²) in [6.07, 6.45) is 3.20. The molecule has 116 valence electrons. The van der Waals surface area contributed by atoms with E-state index >= 15 is 0 Å². The molecule has 3 nitrogen and oxygen atoms in total. The maximum absolute atomic E-state index is 9.39. The summed E-state index contributed by atoms with van der Waals surface area (Å²) < 4.78 is 6.04. The van der Waals surface area contributed by atoms with Crippen LogP contribution in [-0.4, -0.2) is 4.98 Å². The van der Waals surface area contributed by atoms with E-state index in [1.165, 1.54) is 5.57 Å². The third-order valence-electron chi connectivity index (χ3n) is 3.85. The van der Waals surface area contributed by atoms with E-state index in [4.69, 9.17) is 4.74 Å². The van der Waals surface area contributed by atoms with Crippen LogP contribution in [0.2, 0.25) is 0 Å². The van der Waals surface area contributed by atoms with E-state index in [0.29, 0.717) is 17.4 Å². The van der Waals surface area contributed by atoms with Gasteiger partial charge < -0.3 is 4.74 Å². The second-order valence-electron chi connectivity index (χ2n) is 7.15. The molecule has 0 saturated carbocycles. The quantitative estimate of drug-likeness (QED) is 0.780. The van der Waals surface area contributed by atoms with Gasteiger partial charge in [-0.05, 0) is 49.5 Å². The molecule has 0 saturated heterocycles. The number of aromatic nitrogens is 1. The molecule has 0 aromatic carbocycles. The van der Waals surface area contributed by atoms with Gasteiger partial charge in [0.1, 0.15) is 11.8 Å². The molecule has 2 rings (SSSR count). The van der Waals surface area contributed by atoms with Gasteiger partial charge in [-0.15, -0.1) is 0 Å². The highest BCUT2D eigenvalue weighted by Crippen LogP contribution is 2.32. The Morgan fingerprint density at radius 1 is 1.27 bits per heavy atom. The number of pyridine rings is 1. The lowest BCUT2D eigenvalue weighted by Crippen LogP contribution is -2.15. The average Bonchev–Trinajstić information content (AvgIpc) is 2.41. The van der Waals surface area contributed by atoms with Gasteiger partial charge in [-0.2, -0.15) is 5.26 Å². The molecule has 0 radical (unpaired) electrons. The fourth-order valence-corrected chi connectivity index (χ4v) is 2.78. The first-order chi connectivity index (χ1) is 10.2.